The minimum atomic E-state index is -3.45. The lowest BCUT2D eigenvalue weighted by Gasteiger charge is -2.64. The van der Waals surface area contributed by atoms with Crippen LogP contribution in [0.2, 0.25) is 0 Å². The van der Waals surface area contributed by atoms with E-state index in [1.807, 2.05) is 0 Å². The molecule has 0 aliphatic heterocycles. The maximum atomic E-state index is 11.5. The summed E-state index contributed by atoms with van der Waals surface area (Å²) in [6.45, 7) is 10.00. The summed E-state index contributed by atoms with van der Waals surface area (Å²) < 4.78 is 6.09. The molecule has 0 amide bonds. The minimum absolute atomic E-state index is 0.456. The average molecular weight is 575 g/mol. The monoisotopic (exact) mass is 574 g/mol. The quantitative estimate of drug-likeness (QED) is 0.0886. The van der Waals surface area contributed by atoms with E-state index in [2.05, 4.69) is 0 Å². The molecular weight excluding hydrogens is 520 g/mol. The third-order valence-corrected chi connectivity index (χ3v) is 8.63. The molecule has 12 N–H and O–H groups in total. The van der Waals surface area contributed by atoms with Crippen LogP contribution in [0.15, 0.2) is 0 Å². The lowest BCUT2D eigenvalue weighted by molar-refractivity contribution is -0.512. The van der Waals surface area contributed by atoms with Gasteiger partial charge in [0.05, 0.1) is 11.8 Å². The molecule has 0 saturated heterocycles. The van der Waals surface area contributed by atoms with Gasteiger partial charge in [-0.25, -0.2) is 0 Å². The topological polar surface area (TPSA) is 252 Å². The summed E-state index contributed by atoms with van der Waals surface area (Å²) in [6.07, 6.45) is -5.05. The van der Waals surface area contributed by atoms with Crippen LogP contribution in [-0.2, 0) is 4.74 Å². The molecule has 0 aliphatic rings. The molecule has 0 aromatic rings. The number of hydrogen-bond donors (Lipinski definition) is 12. The Balaban J connectivity index is 8.69. The third kappa shape index (κ3) is 6.17. The van der Waals surface area contributed by atoms with Crippen molar-refractivity contribution >= 4 is 0 Å². The molecule has 2 atom stereocenters. The van der Waals surface area contributed by atoms with Gasteiger partial charge in [0.15, 0.2) is 45.9 Å². The minimum Gasteiger partial charge on any atom is -0.365 e. The summed E-state index contributed by atoms with van der Waals surface area (Å²) >= 11 is 0. The van der Waals surface area contributed by atoms with Gasteiger partial charge in [0.2, 0.25) is 0 Å². The van der Waals surface area contributed by atoms with Crippen LogP contribution in [0.1, 0.15) is 107 Å². The van der Waals surface area contributed by atoms with Crippen LogP contribution >= 0.6 is 0 Å². The molecule has 2 unspecified atom stereocenters. The Bertz CT molecular complexity index is 667. The highest BCUT2D eigenvalue weighted by Gasteiger charge is 2.78. The van der Waals surface area contributed by atoms with Crippen LogP contribution < -0.4 is 0 Å². The van der Waals surface area contributed by atoms with E-state index in [0.717, 1.165) is 0 Å². The fourth-order valence-electron chi connectivity index (χ4n) is 5.90. The van der Waals surface area contributed by atoms with Crippen molar-refractivity contribution < 1.29 is 66.0 Å². The van der Waals surface area contributed by atoms with Gasteiger partial charge in [0, 0.05) is 25.7 Å². The third-order valence-electron chi connectivity index (χ3n) is 8.63. The number of hydrogen-bond acceptors (Lipinski definition) is 13. The summed E-state index contributed by atoms with van der Waals surface area (Å²) in [5, 5.41) is 136. The van der Waals surface area contributed by atoms with E-state index in [9.17, 15) is 61.3 Å². The smallest absolute Gasteiger partial charge is 0.198 e. The molecule has 0 aromatic heterocycles. The van der Waals surface area contributed by atoms with Gasteiger partial charge in [-0.15, -0.1) is 0 Å². The maximum absolute atomic E-state index is 11.5. The molecule has 0 heterocycles. The van der Waals surface area contributed by atoms with Crippen molar-refractivity contribution in [2.45, 2.75) is 153 Å². The van der Waals surface area contributed by atoms with Gasteiger partial charge in [-0.1, -0.05) is 55.4 Å². The Labute approximate surface area is 231 Å². The molecule has 236 valence electrons. The van der Waals surface area contributed by atoms with Gasteiger partial charge in [-0.3, -0.25) is 0 Å². The van der Waals surface area contributed by atoms with E-state index in [1.54, 1.807) is 0 Å². The van der Waals surface area contributed by atoms with Crippen molar-refractivity contribution in [2.75, 3.05) is 0 Å². The first-order valence-corrected chi connectivity index (χ1v) is 13.8. The zero-order valence-corrected chi connectivity index (χ0v) is 24.6. The van der Waals surface area contributed by atoms with Crippen molar-refractivity contribution in [3.63, 3.8) is 0 Å². The molecule has 0 rings (SSSR count). The van der Waals surface area contributed by atoms with Gasteiger partial charge in [-0.2, -0.15) is 0 Å². The Morgan fingerprint density at radius 3 is 0.718 bits per heavy atom. The molecule has 13 nitrogen and oxygen atoms in total. The number of ether oxygens (including phenoxy) is 1. The zero-order chi connectivity index (χ0) is 31.5. The van der Waals surface area contributed by atoms with Crippen molar-refractivity contribution in [1.29, 1.82) is 0 Å². The molecule has 39 heavy (non-hydrogen) atoms. The van der Waals surface area contributed by atoms with Crippen LogP contribution in [0.5, 0.6) is 0 Å². The van der Waals surface area contributed by atoms with Gasteiger partial charge >= 0.3 is 0 Å². The fourth-order valence-corrected chi connectivity index (χ4v) is 5.90. The zero-order valence-electron chi connectivity index (χ0n) is 24.6. The second kappa shape index (κ2) is 12.8. The molecule has 0 aliphatic carbocycles. The van der Waals surface area contributed by atoms with E-state index < -0.39 is 109 Å². The van der Waals surface area contributed by atoms with E-state index >= 15 is 0 Å². The predicted molar refractivity (Wildman–Crippen MR) is 139 cm³/mol. The van der Waals surface area contributed by atoms with Crippen molar-refractivity contribution in [3.05, 3.63) is 0 Å². The first-order valence-electron chi connectivity index (χ1n) is 13.8. The molecule has 0 fully saturated rings. The van der Waals surface area contributed by atoms with Crippen LogP contribution in [0.4, 0.5) is 0 Å². The normalized spacial score (nSPS) is 16.9. The van der Waals surface area contributed by atoms with Crippen molar-refractivity contribution in [1.82, 2.24) is 0 Å². The van der Waals surface area contributed by atoms with Gasteiger partial charge in [0.1, 0.15) is 0 Å². The van der Waals surface area contributed by atoms with Crippen LogP contribution in [0.25, 0.3) is 0 Å². The lowest BCUT2D eigenvalue weighted by Crippen LogP contribution is -2.84. The summed E-state index contributed by atoms with van der Waals surface area (Å²) in [7, 11) is 0. The lowest BCUT2D eigenvalue weighted by atomic mass is 9.62. The van der Waals surface area contributed by atoms with Crippen LogP contribution in [0.3, 0.4) is 0 Å². The molecule has 0 spiro atoms. The summed E-state index contributed by atoms with van der Waals surface area (Å²) in [5.41, 5.74) is -6.90. The fraction of sp³-hybridized carbons (Fsp3) is 1.00. The molecule has 0 aromatic carbocycles. The number of aliphatic hydroxyl groups is 12. The standard InChI is InChI=1S/C26H54O13/c1-9-17(19(27,28)11-3)25(21(31,32)13-5,22(33,34)14-6)39-26(23(35,36)15-7,24(37,38)16-8)18(10-2)20(29,30)12-4/h17-18,27-38H,9-16H2,1-8H3. The Kier molecular flexibility index (Phi) is 12.6. The number of rotatable bonds is 18. The largest absolute Gasteiger partial charge is 0.365 e. The molecular formula is C26H54O13. The first-order chi connectivity index (χ1) is 17.5. The van der Waals surface area contributed by atoms with E-state index in [4.69, 9.17) is 4.74 Å². The van der Waals surface area contributed by atoms with Crippen LogP contribution in [-0.4, -0.2) is 107 Å². The Morgan fingerprint density at radius 1 is 0.385 bits per heavy atom. The van der Waals surface area contributed by atoms with Gasteiger partial charge in [0.25, 0.3) is 0 Å². The van der Waals surface area contributed by atoms with E-state index in [1.165, 1.54) is 55.4 Å². The molecule has 13 heteroatoms. The SMILES string of the molecule is CCC(C(O)(O)CC)C(OC(C(CC)C(O)(O)CC)(C(O)(O)CC)C(O)(O)CC)(C(O)(O)CC)C(O)(O)CC. The molecule has 0 radical (unpaired) electrons. The maximum Gasteiger partial charge on any atom is 0.198 e. The van der Waals surface area contributed by atoms with E-state index in [-0.39, 0.29) is 0 Å². The summed E-state index contributed by atoms with van der Waals surface area (Å²) in [5.74, 6) is -23.7. The molecule has 0 bridgehead atoms. The van der Waals surface area contributed by atoms with Gasteiger partial charge < -0.3 is 66.0 Å². The second-order valence-electron chi connectivity index (χ2n) is 10.6. The predicted octanol–water partition coefficient (Wildman–Crippen LogP) is -0.922. The average Bonchev–Trinajstić information content (AvgIpc) is 2.86. The summed E-state index contributed by atoms with van der Waals surface area (Å²) in [4.78, 5) is 0. The van der Waals surface area contributed by atoms with Crippen molar-refractivity contribution in [3.8, 4) is 0 Å². The van der Waals surface area contributed by atoms with Crippen LogP contribution in [0, 0.1) is 11.8 Å². The Hall–Kier alpha value is -0.520. The highest BCUT2D eigenvalue weighted by Crippen LogP contribution is 2.58. The van der Waals surface area contributed by atoms with Crippen molar-refractivity contribution in [2.24, 2.45) is 11.8 Å². The second-order valence-corrected chi connectivity index (χ2v) is 10.6. The van der Waals surface area contributed by atoms with E-state index in [0.29, 0.717) is 0 Å². The highest BCUT2D eigenvalue weighted by atomic mass is 16.7. The Morgan fingerprint density at radius 2 is 0.590 bits per heavy atom. The first kappa shape index (κ1) is 38.5. The van der Waals surface area contributed by atoms with Gasteiger partial charge in [-0.05, 0) is 25.7 Å². The molecule has 0 saturated carbocycles. The highest BCUT2D eigenvalue weighted by molar-refractivity contribution is 5.17. The summed E-state index contributed by atoms with van der Waals surface area (Å²) in [6, 6.07) is 0.